The van der Waals surface area contributed by atoms with Crippen molar-refractivity contribution in [2.75, 3.05) is 13.1 Å². The lowest BCUT2D eigenvalue weighted by atomic mass is 9.96. The van der Waals surface area contributed by atoms with Crippen LogP contribution in [0.5, 0.6) is 0 Å². The Labute approximate surface area is 157 Å². The van der Waals surface area contributed by atoms with Gasteiger partial charge < -0.3 is 5.32 Å². The van der Waals surface area contributed by atoms with Crippen LogP contribution in [0.1, 0.15) is 74.6 Å². The van der Waals surface area contributed by atoms with Crippen LogP contribution in [0.4, 0.5) is 0 Å². The van der Waals surface area contributed by atoms with E-state index in [1.54, 1.807) is 22.5 Å². The van der Waals surface area contributed by atoms with Crippen LogP contribution in [0.15, 0.2) is 29.2 Å². The molecular weight excluding hydrogens is 348 g/mol. The van der Waals surface area contributed by atoms with Crippen molar-refractivity contribution < 1.29 is 13.2 Å². The highest BCUT2D eigenvalue weighted by atomic mass is 32.2. The maximum atomic E-state index is 12.8. The number of hydrogen-bond donors (Lipinski definition) is 1. The van der Waals surface area contributed by atoms with Crippen molar-refractivity contribution in [3.63, 3.8) is 0 Å². The molecule has 1 saturated heterocycles. The molecule has 0 radical (unpaired) electrons. The van der Waals surface area contributed by atoms with E-state index in [4.69, 9.17) is 0 Å². The molecule has 1 aromatic rings. The Bertz CT molecular complexity index is 704. The average Bonchev–Trinajstić information content (AvgIpc) is 2.64. The number of carbonyl (C=O) groups is 1. The Hall–Kier alpha value is -1.40. The van der Waals surface area contributed by atoms with Crippen molar-refractivity contribution in [1.82, 2.24) is 9.62 Å². The molecule has 0 atom stereocenters. The molecule has 0 spiro atoms. The summed E-state index contributed by atoms with van der Waals surface area (Å²) < 4.78 is 27.2. The van der Waals surface area contributed by atoms with E-state index in [9.17, 15) is 13.2 Å². The molecule has 1 amide bonds. The van der Waals surface area contributed by atoms with Crippen LogP contribution in [-0.2, 0) is 10.0 Å². The minimum Gasteiger partial charge on any atom is -0.349 e. The maximum absolute atomic E-state index is 12.8. The lowest BCUT2D eigenvalue weighted by Gasteiger charge is -2.26. The normalized spacial score (nSPS) is 20.9. The van der Waals surface area contributed by atoms with Gasteiger partial charge in [-0.2, -0.15) is 4.31 Å². The zero-order chi connectivity index (χ0) is 18.4. The third-order valence-corrected chi connectivity index (χ3v) is 7.38. The van der Waals surface area contributed by atoms with Gasteiger partial charge in [0.05, 0.1) is 4.90 Å². The predicted octanol–water partition coefficient (Wildman–Crippen LogP) is 3.70. The molecule has 1 aromatic carbocycles. The van der Waals surface area contributed by atoms with Crippen LogP contribution in [0, 0.1) is 0 Å². The van der Waals surface area contributed by atoms with Gasteiger partial charge >= 0.3 is 0 Å². The minimum absolute atomic E-state index is 0.161. The fourth-order valence-corrected chi connectivity index (χ4v) is 5.48. The third-order valence-electron chi connectivity index (χ3n) is 5.49. The summed E-state index contributed by atoms with van der Waals surface area (Å²) in [5.41, 5.74) is 0.435. The van der Waals surface area contributed by atoms with E-state index in [0.717, 1.165) is 44.9 Å². The van der Waals surface area contributed by atoms with Gasteiger partial charge in [-0.15, -0.1) is 0 Å². The highest BCUT2D eigenvalue weighted by Gasteiger charge is 2.26. The van der Waals surface area contributed by atoms with Gasteiger partial charge in [0.15, 0.2) is 0 Å². The summed E-state index contributed by atoms with van der Waals surface area (Å²) in [6, 6.07) is 6.70. The van der Waals surface area contributed by atoms with Crippen molar-refractivity contribution in [2.45, 2.75) is 75.1 Å². The first kappa shape index (κ1) is 19.4. The van der Waals surface area contributed by atoms with Crippen LogP contribution < -0.4 is 5.32 Å². The van der Waals surface area contributed by atoms with Crippen LogP contribution in [0.3, 0.4) is 0 Å². The molecule has 2 fully saturated rings. The molecule has 1 aliphatic heterocycles. The Morgan fingerprint density at radius 3 is 2.23 bits per heavy atom. The number of benzene rings is 1. The first-order valence-electron chi connectivity index (χ1n) is 9.98. The van der Waals surface area contributed by atoms with Gasteiger partial charge in [0.25, 0.3) is 5.91 Å². The Balaban J connectivity index is 1.70. The van der Waals surface area contributed by atoms with Crippen molar-refractivity contribution >= 4 is 15.9 Å². The highest BCUT2D eigenvalue weighted by Crippen LogP contribution is 2.22. The second-order valence-corrected chi connectivity index (χ2v) is 9.45. The molecule has 0 unspecified atom stereocenters. The zero-order valence-electron chi connectivity index (χ0n) is 15.5. The fourth-order valence-electron chi connectivity index (χ4n) is 3.92. The zero-order valence-corrected chi connectivity index (χ0v) is 16.3. The van der Waals surface area contributed by atoms with Gasteiger partial charge in [-0.05, 0) is 43.9 Å². The number of piperidine rings is 1. The molecule has 1 aliphatic carbocycles. The Morgan fingerprint density at radius 1 is 0.923 bits per heavy atom. The second-order valence-electron chi connectivity index (χ2n) is 7.51. The third kappa shape index (κ3) is 4.86. The van der Waals surface area contributed by atoms with Gasteiger partial charge in [0.2, 0.25) is 10.0 Å². The monoisotopic (exact) mass is 378 g/mol. The topological polar surface area (TPSA) is 66.5 Å². The quantitative estimate of drug-likeness (QED) is 0.869. The molecular formula is C20H30N2O3S. The summed E-state index contributed by atoms with van der Waals surface area (Å²) in [5.74, 6) is -0.161. The van der Waals surface area contributed by atoms with Crippen LogP contribution in [0.25, 0.3) is 0 Å². The molecule has 0 bridgehead atoms. The molecule has 1 saturated carbocycles. The van der Waals surface area contributed by atoms with E-state index in [1.165, 1.54) is 25.3 Å². The first-order valence-corrected chi connectivity index (χ1v) is 11.4. The molecule has 5 nitrogen and oxygen atoms in total. The van der Waals surface area contributed by atoms with Gasteiger partial charge in [-0.1, -0.05) is 44.6 Å². The van der Waals surface area contributed by atoms with E-state index in [0.29, 0.717) is 18.7 Å². The summed E-state index contributed by atoms with van der Waals surface area (Å²) in [4.78, 5) is 12.9. The highest BCUT2D eigenvalue weighted by molar-refractivity contribution is 7.89. The van der Waals surface area contributed by atoms with Crippen LogP contribution in [-0.4, -0.2) is 37.8 Å². The standard InChI is InChI=1S/C20H30N2O3S/c23-20(21-18-11-5-2-1-3-6-12-18)17-10-9-13-19(16-17)26(24,25)22-14-7-4-8-15-22/h9-10,13,16,18H,1-8,11-12,14-15H2,(H,21,23). The second kappa shape index (κ2) is 9.00. The Morgan fingerprint density at radius 2 is 1.54 bits per heavy atom. The summed E-state index contributed by atoms with van der Waals surface area (Å²) in [6.45, 7) is 1.14. The van der Waals surface area contributed by atoms with Crippen molar-refractivity contribution in [1.29, 1.82) is 0 Å². The molecule has 3 rings (SSSR count). The lowest BCUT2D eigenvalue weighted by Crippen LogP contribution is -2.36. The predicted molar refractivity (Wildman–Crippen MR) is 103 cm³/mol. The maximum Gasteiger partial charge on any atom is 0.251 e. The summed E-state index contributed by atoms with van der Waals surface area (Å²) in [6.07, 6.45) is 11.0. The van der Waals surface area contributed by atoms with Gasteiger partial charge in [-0.3, -0.25) is 4.79 Å². The molecule has 1 heterocycles. The van der Waals surface area contributed by atoms with Crippen molar-refractivity contribution in [2.24, 2.45) is 0 Å². The number of carbonyl (C=O) groups excluding carboxylic acids is 1. The van der Waals surface area contributed by atoms with Crippen molar-refractivity contribution in [3.05, 3.63) is 29.8 Å². The van der Waals surface area contributed by atoms with E-state index in [2.05, 4.69) is 5.32 Å². The smallest absolute Gasteiger partial charge is 0.251 e. The van der Waals surface area contributed by atoms with Crippen molar-refractivity contribution in [3.8, 4) is 0 Å². The average molecular weight is 379 g/mol. The van der Waals surface area contributed by atoms with Gasteiger partial charge in [0.1, 0.15) is 0 Å². The number of rotatable bonds is 4. The summed E-state index contributed by atoms with van der Waals surface area (Å²) in [7, 11) is -3.51. The van der Waals surface area contributed by atoms with E-state index in [1.807, 2.05) is 0 Å². The molecule has 0 aromatic heterocycles. The largest absolute Gasteiger partial charge is 0.349 e. The Kier molecular flexibility index (Phi) is 6.70. The van der Waals surface area contributed by atoms with E-state index >= 15 is 0 Å². The number of sulfonamides is 1. The molecule has 6 heteroatoms. The number of amides is 1. The van der Waals surface area contributed by atoms with Crippen LogP contribution in [0.2, 0.25) is 0 Å². The van der Waals surface area contributed by atoms with E-state index < -0.39 is 10.0 Å². The number of hydrogen-bond acceptors (Lipinski definition) is 3. The fraction of sp³-hybridized carbons (Fsp3) is 0.650. The summed E-state index contributed by atoms with van der Waals surface area (Å²) >= 11 is 0. The number of nitrogens with one attached hydrogen (secondary N) is 1. The van der Waals surface area contributed by atoms with E-state index in [-0.39, 0.29) is 16.8 Å². The minimum atomic E-state index is -3.51. The molecule has 26 heavy (non-hydrogen) atoms. The molecule has 2 aliphatic rings. The first-order chi connectivity index (χ1) is 12.6. The SMILES string of the molecule is O=C(NC1CCCCCCC1)c1cccc(S(=O)(=O)N2CCCCC2)c1. The molecule has 1 N–H and O–H groups in total. The van der Waals surface area contributed by atoms with Gasteiger partial charge in [0, 0.05) is 24.7 Å². The van der Waals surface area contributed by atoms with Crippen LogP contribution >= 0.6 is 0 Å². The summed E-state index contributed by atoms with van der Waals surface area (Å²) in [5, 5.41) is 3.11. The lowest BCUT2D eigenvalue weighted by molar-refractivity contribution is 0.0930. The van der Waals surface area contributed by atoms with Gasteiger partial charge in [-0.25, -0.2) is 8.42 Å². The number of nitrogens with zero attached hydrogens (tertiary/aromatic N) is 1. The molecule has 144 valence electrons.